The lowest BCUT2D eigenvalue weighted by molar-refractivity contribution is 0.322. The van der Waals surface area contributed by atoms with Crippen molar-refractivity contribution in [2.24, 2.45) is 17.8 Å². The lowest BCUT2D eigenvalue weighted by Gasteiger charge is -2.26. The van der Waals surface area contributed by atoms with Crippen LogP contribution in [0.25, 0.3) is 0 Å². The standard InChI is InChI=1S/C14H16ClN5/c1-19-12(15)8-17-13(19)11-7-18-14(16)20(11)9-10-5-3-2-4-6-10/h2-6,8,11H,7,9H2,1H3,(H2,16,18). The Balaban J connectivity index is 1.87. The Morgan fingerprint density at radius 1 is 1.35 bits per heavy atom. The normalized spacial score (nSPS) is 18.4. The average Bonchev–Trinajstić information content (AvgIpc) is 2.97. The molecule has 1 atom stereocenters. The molecule has 104 valence electrons. The molecule has 0 fully saturated rings. The van der Waals surface area contributed by atoms with Gasteiger partial charge in [0.2, 0.25) is 0 Å². The highest BCUT2D eigenvalue weighted by atomic mass is 35.5. The summed E-state index contributed by atoms with van der Waals surface area (Å²) in [6, 6.07) is 10.2. The summed E-state index contributed by atoms with van der Waals surface area (Å²) in [6.45, 7) is 1.32. The Bertz CT molecular complexity index is 634. The third-order valence-electron chi connectivity index (χ3n) is 3.56. The van der Waals surface area contributed by atoms with Gasteiger partial charge in [0.25, 0.3) is 0 Å². The van der Waals surface area contributed by atoms with Gasteiger partial charge in [-0.05, 0) is 5.56 Å². The first-order chi connectivity index (χ1) is 9.66. The average molecular weight is 290 g/mol. The molecule has 2 N–H and O–H groups in total. The highest BCUT2D eigenvalue weighted by Gasteiger charge is 2.30. The highest BCUT2D eigenvalue weighted by Crippen LogP contribution is 2.27. The summed E-state index contributed by atoms with van der Waals surface area (Å²) in [4.78, 5) is 10.8. The van der Waals surface area contributed by atoms with Crippen LogP contribution in [0.5, 0.6) is 0 Å². The van der Waals surface area contributed by atoms with Crippen molar-refractivity contribution in [3.63, 3.8) is 0 Å². The molecule has 5 nitrogen and oxygen atoms in total. The minimum atomic E-state index is 0.0349. The SMILES string of the molecule is Cn1c(Cl)cnc1C1CN=C(N)N1Cc1ccccc1. The van der Waals surface area contributed by atoms with Crippen LogP contribution in [0, 0.1) is 0 Å². The molecule has 0 aliphatic carbocycles. The van der Waals surface area contributed by atoms with Crippen molar-refractivity contribution in [3.8, 4) is 0 Å². The number of guanidine groups is 1. The third kappa shape index (κ3) is 2.25. The summed E-state index contributed by atoms with van der Waals surface area (Å²) >= 11 is 6.07. The van der Waals surface area contributed by atoms with Gasteiger partial charge in [-0.1, -0.05) is 41.9 Å². The largest absolute Gasteiger partial charge is 0.370 e. The van der Waals surface area contributed by atoms with E-state index in [0.717, 1.165) is 5.82 Å². The topological polar surface area (TPSA) is 59.4 Å². The van der Waals surface area contributed by atoms with Gasteiger partial charge >= 0.3 is 0 Å². The van der Waals surface area contributed by atoms with Crippen LogP contribution in [-0.4, -0.2) is 27.0 Å². The van der Waals surface area contributed by atoms with Gasteiger partial charge in [0, 0.05) is 13.6 Å². The molecule has 0 amide bonds. The molecule has 1 aliphatic rings. The molecule has 0 spiro atoms. The van der Waals surface area contributed by atoms with Crippen LogP contribution >= 0.6 is 11.6 Å². The molecule has 1 unspecified atom stereocenters. The third-order valence-corrected chi connectivity index (χ3v) is 3.91. The van der Waals surface area contributed by atoms with E-state index < -0.39 is 0 Å². The maximum atomic E-state index is 6.07. The van der Waals surface area contributed by atoms with Gasteiger partial charge < -0.3 is 15.2 Å². The first kappa shape index (κ1) is 13.0. The maximum Gasteiger partial charge on any atom is 0.192 e. The van der Waals surface area contributed by atoms with Crippen molar-refractivity contribution in [1.82, 2.24) is 14.5 Å². The molecule has 0 bridgehead atoms. The molecule has 0 saturated heterocycles. The number of halogens is 1. The predicted octanol–water partition coefficient (Wildman–Crippen LogP) is 1.95. The second-order valence-corrected chi connectivity index (χ2v) is 5.21. The predicted molar refractivity (Wildman–Crippen MR) is 79.4 cm³/mol. The summed E-state index contributed by atoms with van der Waals surface area (Å²) in [5, 5.41) is 0.616. The fourth-order valence-electron chi connectivity index (χ4n) is 2.43. The van der Waals surface area contributed by atoms with Crippen LogP contribution in [0.1, 0.15) is 17.4 Å². The Hall–Kier alpha value is -2.01. The van der Waals surface area contributed by atoms with Gasteiger partial charge in [0.05, 0.1) is 12.7 Å². The lowest BCUT2D eigenvalue weighted by Crippen LogP contribution is -2.36. The van der Waals surface area contributed by atoms with Crippen molar-refractivity contribution < 1.29 is 0 Å². The Labute approximate surface area is 122 Å². The van der Waals surface area contributed by atoms with E-state index in [4.69, 9.17) is 17.3 Å². The van der Waals surface area contributed by atoms with Gasteiger partial charge in [0.15, 0.2) is 5.96 Å². The van der Waals surface area contributed by atoms with E-state index >= 15 is 0 Å². The highest BCUT2D eigenvalue weighted by molar-refractivity contribution is 6.29. The second kappa shape index (κ2) is 5.17. The second-order valence-electron chi connectivity index (χ2n) is 4.83. The summed E-state index contributed by atoms with van der Waals surface area (Å²) in [6.07, 6.45) is 1.66. The lowest BCUT2D eigenvalue weighted by atomic mass is 10.2. The molecule has 20 heavy (non-hydrogen) atoms. The Morgan fingerprint density at radius 2 is 2.10 bits per heavy atom. The van der Waals surface area contributed by atoms with E-state index in [-0.39, 0.29) is 6.04 Å². The molecule has 1 aliphatic heterocycles. The molecule has 2 aromatic rings. The summed E-state index contributed by atoms with van der Waals surface area (Å²) in [5.74, 6) is 1.44. The quantitative estimate of drug-likeness (QED) is 0.939. The molecule has 3 rings (SSSR count). The first-order valence-corrected chi connectivity index (χ1v) is 6.82. The molecule has 0 saturated carbocycles. The van der Waals surface area contributed by atoms with Gasteiger partial charge in [0.1, 0.15) is 17.0 Å². The monoisotopic (exact) mass is 289 g/mol. The molecule has 1 aromatic heterocycles. The zero-order chi connectivity index (χ0) is 14.1. The van der Waals surface area contributed by atoms with E-state index in [1.165, 1.54) is 5.56 Å². The van der Waals surface area contributed by atoms with E-state index in [9.17, 15) is 0 Å². The van der Waals surface area contributed by atoms with Crippen molar-refractivity contribution in [3.05, 3.63) is 53.1 Å². The number of rotatable bonds is 3. The number of hydrogen-bond donors (Lipinski definition) is 1. The number of nitrogens with two attached hydrogens (primary N) is 1. The van der Waals surface area contributed by atoms with E-state index in [1.54, 1.807) is 6.20 Å². The number of benzene rings is 1. The number of hydrogen-bond acceptors (Lipinski definition) is 4. The minimum absolute atomic E-state index is 0.0349. The smallest absolute Gasteiger partial charge is 0.192 e. The minimum Gasteiger partial charge on any atom is -0.370 e. The van der Waals surface area contributed by atoms with Gasteiger partial charge in [-0.15, -0.1) is 0 Å². The fourth-order valence-corrected chi connectivity index (χ4v) is 2.57. The molecular formula is C14H16ClN5. The number of imidazole rings is 1. The van der Waals surface area contributed by atoms with Crippen LogP contribution in [-0.2, 0) is 13.6 Å². The van der Waals surface area contributed by atoms with Crippen LogP contribution < -0.4 is 5.73 Å². The maximum absolute atomic E-state index is 6.07. The summed E-state index contributed by atoms with van der Waals surface area (Å²) in [7, 11) is 1.90. The van der Waals surface area contributed by atoms with Crippen molar-refractivity contribution in [2.45, 2.75) is 12.6 Å². The van der Waals surface area contributed by atoms with Crippen LogP contribution in [0.2, 0.25) is 5.15 Å². The number of aromatic nitrogens is 2. The van der Waals surface area contributed by atoms with Crippen molar-refractivity contribution >= 4 is 17.6 Å². The van der Waals surface area contributed by atoms with E-state index in [2.05, 4.69) is 27.0 Å². The van der Waals surface area contributed by atoms with Crippen LogP contribution in [0.15, 0.2) is 41.5 Å². The summed E-state index contributed by atoms with van der Waals surface area (Å²) in [5.41, 5.74) is 7.21. The molecule has 6 heteroatoms. The van der Waals surface area contributed by atoms with Crippen molar-refractivity contribution in [2.75, 3.05) is 6.54 Å². The first-order valence-electron chi connectivity index (χ1n) is 6.44. The van der Waals surface area contributed by atoms with Crippen LogP contribution in [0.3, 0.4) is 0 Å². The van der Waals surface area contributed by atoms with Crippen LogP contribution in [0.4, 0.5) is 0 Å². The Kier molecular flexibility index (Phi) is 3.36. The van der Waals surface area contributed by atoms with E-state index in [1.807, 2.05) is 29.8 Å². The van der Waals surface area contributed by atoms with Gasteiger partial charge in [-0.25, -0.2) is 4.98 Å². The van der Waals surface area contributed by atoms with E-state index in [0.29, 0.717) is 24.2 Å². The van der Waals surface area contributed by atoms with Gasteiger partial charge in [-0.3, -0.25) is 4.99 Å². The van der Waals surface area contributed by atoms with Gasteiger partial charge in [-0.2, -0.15) is 0 Å². The Morgan fingerprint density at radius 3 is 2.75 bits per heavy atom. The zero-order valence-corrected chi connectivity index (χ0v) is 12.0. The molecule has 0 radical (unpaired) electrons. The number of aliphatic imine (C=N–C) groups is 1. The molecule has 2 heterocycles. The number of nitrogens with zero attached hydrogens (tertiary/aromatic N) is 4. The zero-order valence-electron chi connectivity index (χ0n) is 11.2. The fraction of sp³-hybridized carbons (Fsp3) is 0.286. The summed E-state index contributed by atoms with van der Waals surface area (Å²) < 4.78 is 1.87. The molecule has 1 aromatic carbocycles. The molecular weight excluding hydrogens is 274 g/mol. The van der Waals surface area contributed by atoms with Crippen molar-refractivity contribution in [1.29, 1.82) is 0 Å².